The molecular formula is C23H20N2O5S. The van der Waals surface area contributed by atoms with E-state index in [-0.39, 0.29) is 18.2 Å². The minimum Gasteiger partial charge on any atom is -0.454 e. The van der Waals surface area contributed by atoms with Crippen LogP contribution in [0.3, 0.4) is 0 Å². The Balaban J connectivity index is 1.64. The molecule has 5 rings (SSSR count). The first-order chi connectivity index (χ1) is 14.9. The molecule has 0 spiro atoms. The van der Waals surface area contributed by atoms with Crippen molar-refractivity contribution in [3.63, 3.8) is 0 Å². The molecular weight excluding hydrogens is 416 g/mol. The van der Waals surface area contributed by atoms with E-state index in [0.29, 0.717) is 28.4 Å². The summed E-state index contributed by atoms with van der Waals surface area (Å²) in [5, 5.41) is 0. The number of para-hydroxylation sites is 1. The van der Waals surface area contributed by atoms with Crippen LogP contribution in [0.2, 0.25) is 0 Å². The van der Waals surface area contributed by atoms with Crippen molar-refractivity contribution >= 4 is 27.4 Å². The van der Waals surface area contributed by atoms with Crippen molar-refractivity contribution in [3.8, 4) is 11.5 Å². The fraction of sp³-hybridized carbons (Fsp3) is 0.174. The Morgan fingerprint density at radius 3 is 2.52 bits per heavy atom. The zero-order valence-corrected chi connectivity index (χ0v) is 17.8. The Morgan fingerprint density at radius 1 is 0.903 bits per heavy atom. The van der Waals surface area contributed by atoms with Gasteiger partial charge in [-0.1, -0.05) is 30.3 Å². The van der Waals surface area contributed by atoms with Crippen LogP contribution in [-0.2, 0) is 16.6 Å². The maximum absolute atomic E-state index is 13.6. The average molecular weight is 436 g/mol. The number of urea groups is 1. The van der Waals surface area contributed by atoms with Gasteiger partial charge >= 0.3 is 6.03 Å². The number of ether oxygens (including phenoxy) is 2. The molecule has 2 amide bonds. The Labute approximate surface area is 180 Å². The van der Waals surface area contributed by atoms with Crippen molar-refractivity contribution in [2.75, 3.05) is 16.0 Å². The molecule has 7 nitrogen and oxygen atoms in total. The van der Waals surface area contributed by atoms with E-state index in [2.05, 4.69) is 0 Å². The average Bonchev–Trinajstić information content (AvgIpc) is 3.21. The fourth-order valence-electron chi connectivity index (χ4n) is 3.86. The van der Waals surface area contributed by atoms with Crippen molar-refractivity contribution < 1.29 is 22.7 Å². The zero-order valence-electron chi connectivity index (χ0n) is 17.0. The third-order valence-electron chi connectivity index (χ3n) is 5.44. The molecule has 31 heavy (non-hydrogen) atoms. The number of benzene rings is 3. The molecule has 0 saturated heterocycles. The molecule has 0 fully saturated rings. The largest absolute Gasteiger partial charge is 0.454 e. The molecule has 0 saturated carbocycles. The highest BCUT2D eigenvalue weighted by molar-refractivity contribution is 7.94. The highest BCUT2D eigenvalue weighted by Crippen LogP contribution is 2.40. The predicted octanol–water partition coefficient (Wildman–Crippen LogP) is 4.37. The molecule has 0 N–H and O–H groups in total. The number of hydrogen-bond acceptors (Lipinski definition) is 5. The van der Waals surface area contributed by atoms with Gasteiger partial charge < -0.3 is 9.47 Å². The Kier molecular flexibility index (Phi) is 4.40. The number of anilines is 2. The van der Waals surface area contributed by atoms with Crippen LogP contribution in [0.25, 0.3) is 0 Å². The highest BCUT2D eigenvalue weighted by atomic mass is 32.2. The van der Waals surface area contributed by atoms with Gasteiger partial charge in [0.05, 0.1) is 17.9 Å². The van der Waals surface area contributed by atoms with E-state index in [1.54, 1.807) is 37.3 Å². The summed E-state index contributed by atoms with van der Waals surface area (Å²) in [6.07, 6.45) is 0. The van der Waals surface area contributed by atoms with Crippen molar-refractivity contribution in [1.82, 2.24) is 0 Å². The molecule has 0 aliphatic carbocycles. The van der Waals surface area contributed by atoms with Gasteiger partial charge in [0.25, 0.3) is 10.0 Å². The van der Waals surface area contributed by atoms with Crippen LogP contribution in [-0.4, -0.2) is 21.2 Å². The van der Waals surface area contributed by atoms with Gasteiger partial charge in [0.2, 0.25) is 6.79 Å². The van der Waals surface area contributed by atoms with Crippen molar-refractivity contribution in [1.29, 1.82) is 0 Å². The lowest BCUT2D eigenvalue weighted by atomic mass is 10.1. The monoisotopic (exact) mass is 436 g/mol. The van der Waals surface area contributed by atoms with Crippen LogP contribution in [0, 0.1) is 13.8 Å². The van der Waals surface area contributed by atoms with E-state index in [0.717, 1.165) is 15.4 Å². The predicted molar refractivity (Wildman–Crippen MR) is 116 cm³/mol. The van der Waals surface area contributed by atoms with Crippen molar-refractivity contribution in [2.24, 2.45) is 0 Å². The number of sulfonamides is 1. The van der Waals surface area contributed by atoms with E-state index in [9.17, 15) is 13.2 Å². The molecule has 0 bridgehead atoms. The Bertz CT molecular complexity index is 1320. The first-order valence-corrected chi connectivity index (χ1v) is 11.2. The lowest BCUT2D eigenvalue weighted by Gasteiger charge is -2.37. The molecule has 0 atom stereocenters. The van der Waals surface area contributed by atoms with Gasteiger partial charge in [0.15, 0.2) is 11.5 Å². The summed E-state index contributed by atoms with van der Waals surface area (Å²) in [6, 6.07) is 16.8. The molecule has 3 aromatic rings. The van der Waals surface area contributed by atoms with Crippen LogP contribution in [0.5, 0.6) is 11.5 Å². The van der Waals surface area contributed by atoms with Gasteiger partial charge in [-0.3, -0.25) is 4.90 Å². The third kappa shape index (κ3) is 3.11. The second kappa shape index (κ2) is 7.02. The van der Waals surface area contributed by atoms with Gasteiger partial charge in [-0.25, -0.2) is 13.2 Å². The maximum atomic E-state index is 13.6. The smallest absolute Gasteiger partial charge is 0.343 e. The van der Waals surface area contributed by atoms with Crippen LogP contribution < -0.4 is 18.7 Å². The topological polar surface area (TPSA) is 76.2 Å². The van der Waals surface area contributed by atoms with Gasteiger partial charge in [0, 0.05) is 0 Å². The summed E-state index contributed by atoms with van der Waals surface area (Å²) >= 11 is 0. The molecule has 2 aliphatic heterocycles. The van der Waals surface area contributed by atoms with Crippen molar-refractivity contribution in [2.45, 2.75) is 25.3 Å². The lowest BCUT2D eigenvalue weighted by Crippen LogP contribution is -2.51. The first-order valence-electron chi connectivity index (χ1n) is 9.78. The first kappa shape index (κ1) is 19.4. The number of aryl methyl sites for hydroxylation is 2. The van der Waals surface area contributed by atoms with Crippen molar-refractivity contribution in [3.05, 3.63) is 77.4 Å². The number of hydrogen-bond donors (Lipinski definition) is 0. The minimum absolute atomic E-state index is 0.0937. The van der Waals surface area contributed by atoms with E-state index in [1.165, 1.54) is 11.0 Å². The number of carbonyl (C=O) groups is 1. The molecule has 3 aromatic carbocycles. The number of amides is 2. The van der Waals surface area contributed by atoms with E-state index < -0.39 is 16.1 Å². The van der Waals surface area contributed by atoms with Crippen LogP contribution in [0.1, 0.15) is 16.7 Å². The fourth-order valence-corrected chi connectivity index (χ4v) is 5.51. The molecule has 2 aliphatic rings. The second-order valence-electron chi connectivity index (χ2n) is 7.58. The number of fused-ring (bicyclic) bond motifs is 2. The zero-order chi connectivity index (χ0) is 21.8. The lowest BCUT2D eigenvalue weighted by molar-refractivity contribution is 0.174. The van der Waals surface area contributed by atoms with Crippen LogP contribution >= 0.6 is 0 Å². The normalized spacial score (nSPS) is 16.4. The van der Waals surface area contributed by atoms with E-state index >= 15 is 0 Å². The molecule has 158 valence electrons. The number of rotatable bonds is 3. The van der Waals surface area contributed by atoms with E-state index in [4.69, 9.17) is 9.47 Å². The standard InChI is InChI=1S/C23H20N2O5S/c1-15-7-8-16(2)19(11-15)25-23(26)24(18-5-3-4-6-22(18)31(25,27)28)13-17-9-10-20-21(12-17)30-14-29-20/h3-12H,13-14H2,1-2H3. The molecule has 0 aromatic heterocycles. The molecule has 8 heteroatoms. The minimum atomic E-state index is -4.06. The summed E-state index contributed by atoms with van der Waals surface area (Å²) in [5.41, 5.74) is 3.07. The van der Waals surface area contributed by atoms with E-state index in [1.807, 2.05) is 31.2 Å². The Hall–Kier alpha value is -3.52. The number of carbonyl (C=O) groups excluding carboxylic acids is 1. The number of nitrogens with zero attached hydrogens (tertiary/aromatic N) is 2. The maximum Gasteiger partial charge on any atom is 0.343 e. The van der Waals surface area contributed by atoms with Crippen LogP contribution in [0.15, 0.2) is 65.6 Å². The van der Waals surface area contributed by atoms with Gasteiger partial charge in [-0.2, -0.15) is 4.31 Å². The van der Waals surface area contributed by atoms with Gasteiger partial charge in [0.1, 0.15) is 4.90 Å². The summed E-state index contributed by atoms with van der Waals surface area (Å²) in [7, 11) is -4.06. The quantitative estimate of drug-likeness (QED) is 0.610. The summed E-state index contributed by atoms with van der Waals surface area (Å²) < 4.78 is 38.7. The molecule has 2 heterocycles. The highest BCUT2D eigenvalue weighted by Gasteiger charge is 2.43. The summed E-state index contributed by atoms with van der Waals surface area (Å²) in [5.74, 6) is 1.25. The van der Waals surface area contributed by atoms with Crippen LogP contribution in [0.4, 0.5) is 16.2 Å². The second-order valence-corrected chi connectivity index (χ2v) is 9.34. The molecule has 0 radical (unpaired) electrons. The Morgan fingerprint density at radius 2 is 1.68 bits per heavy atom. The third-order valence-corrected chi connectivity index (χ3v) is 7.17. The summed E-state index contributed by atoms with van der Waals surface area (Å²) in [6.45, 7) is 3.99. The summed E-state index contributed by atoms with van der Waals surface area (Å²) in [4.78, 5) is 15.2. The molecule has 0 unspecified atom stereocenters. The SMILES string of the molecule is Cc1ccc(C)c(N2C(=O)N(Cc3ccc4c(c3)OCO4)c3ccccc3S2(=O)=O)c1. The van der Waals surface area contributed by atoms with Gasteiger partial charge in [-0.05, 0) is 60.9 Å². The van der Waals surface area contributed by atoms with Gasteiger partial charge in [-0.15, -0.1) is 0 Å².